The largest absolute Gasteiger partial charge is 0.340 e. The number of nitrogens with zero attached hydrogens (tertiary/aromatic N) is 2. The van der Waals surface area contributed by atoms with Gasteiger partial charge in [-0.15, -0.1) is 0 Å². The maximum absolute atomic E-state index is 13.4. The van der Waals surface area contributed by atoms with Gasteiger partial charge in [0.1, 0.15) is 11.5 Å². The molecule has 2 aromatic heterocycles. The fourth-order valence-electron chi connectivity index (χ4n) is 2.92. The number of thiazole rings is 1. The van der Waals surface area contributed by atoms with Gasteiger partial charge in [-0.05, 0) is 48.4 Å². The molecule has 2 heterocycles. The lowest BCUT2D eigenvalue weighted by Crippen LogP contribution is -2.15. The van der Waals surface area contributed by atoms with Gasteiger partial charge in [-0.3, -0.25) is 10.1 Å². The zero-order valence-electron chi connectivity index (χ0n) is 13.8. The van der Waals surface area contributed by atoms with Crippen molar-refractivity contribution in [1.82, 2.24) is 9.55 Å². The Morgan fingerprint density at radius 1 is 1.24 bits per heavy atom. The van der Waals surface area contributed by atoms with Gasteiger partial charge in [0.2, 0.25) is 0 Å². The molecule has 0 saturated carbocycles. The standard InChI is InChI=1S/C19H16FN3OS/c1-3-11-4-7-14-17(8-11)25-19(21-14)22-18(24)16-9-12-5-6-13(20)10-15(12)23(16)2/h4-10H,3H2,1-2H3,(H,21,22,24). The van der Waals surface area contributed by atoms with Crippen molar-refractivity contribution in [3.8, 4) is 0 Å². The number of halogens is 1. The number of anilines is 1. The van der Waals surface area contributed by atoms with Crippen LogP contribution in [0.5, 0.6) is 0 Å². The fourth-order valence-corrected chi connectivity index (χ4v) is 3.85. The van der Waals surface area contributed by atoms with Gasteiger partial charge in [-0.1, -0.05) is 24.3 Å². The van der Waals surface area contributed by atoms with Gasteiger partial charge in [0.05, 0.1) is 15.7 Å². The van der Waals surface area contributed by atoms with E-state index in [1.54, 1.807) is 23.7 Å². The molecule has 0 radical (unpaired) electrons. The third-order valence-electron chi connectivity index (χ3n) is 4.32. The van der Waals surface area contributed by atoms with Gasteiger partial charge < -0.3 is 4.57 Å². The van der Waals surface area contributed by atoms with Crippen molar-refractivity contribution in [3.63, 3.8) is 0 Å². The third kappa shape index (κ3) is 2.78. The summed E-state index contributed by atoms with van der Waals surface area (Å²) in [7, 11) is 1.75. The fraction of sp³-hybridized carbons (Fsp3) is 0.158. The Balaban J connectivity index is 1.67. The minimum atomic E-state index is -0.321. The summed E-state index contributed by atoms with van der Waals surface area (Å²) in [6.45, 7) is 2.10. The maximum Gasteiger partial charge on any atom is 0.274 e. The molecule has 4 nitrogen and oxygen atoms in total. The first-order chi connectivity index (χ1) is 12.0. The van der Waals surface area contributed by atoms with Gasteiger partial charge in [-0.25, -0.2) is 9.37 Å². The topological polar surface area (TPSA) is 46.9 Å². The van der Waals surface area contributed by atoms with Crippen LogP contribution in [0.25, 0.3) is 21.1 Å². The van der Waals surface area contributed by atoms with Gasteiger partial charge in [0.25, 0.3) is 5.91 Å². The number of carbonyl (C=O) groups excluding carboxylic acids is 1. The van der Waals surface area contributed by atoms with Crippen LogP contribution in [0, 0.1) is 5.82 Å². The molecule has 0 aliphatic rings. The van der Waals surface area contributed by atoms with E-state index in [9.17, 15) is 9.18 Å². The van der Waals surface area contributed by atoms with E-state index in [4.69, 9.17) is 0 Å². The van der Waals surface area contributed by atoms with E-state index in [-0.39, 0.29) is 11.7 Å². The van der Waals surface area contributed by atoms with Crippen molar-refractivity contribution in [2.45, 2.75) is 13.3 Å². The van der Waals surface area contributed by atoms with E-state index in [0.717, 1.165) is 22.0 Å². The number of rotatable bonds is 3. The van der Waals surface area contributed by atoms with Crippen LogP contribution in [0.4, 0.5) is 9.52 Å². The zero-order valence-corrected chi connectivity index (χ0v) is 14.7. The summed E-state index contributed by atoms with van der Waals surface area (Å²) in [5, 5.41) is 4.24. The average molecular weight is 353 g/mol. The summed E-state index contributed by atoms with van der Waals surface area (Å²) in [6, 6.07) is 12.4. The van der Waals surface area contributed by atoms with Crippen molar-refractivity contribution >= 4 is 43.5 Å². The minimum absolute atomic E-state index is 0.256. The first-order valence-corrected chi connectivity index (χ1v) is 8.82. The number of nitrogens with one attached hydrogen (secondary N) is 1. The summed E-state index contributed by atoms with van der Waals surface area (Å²) in [6.07, 6.45) is 0.960. The lowest BCUT2D eigenvalue weighted by molar-refractivity contribution is 0.101. The summed E-state index contributed by atoms with van der Waals surface area (Å²) in [4.78, 5) is 17.1. The molecule has 0 atom stereocenters. The van der Waals surface area contributed by atoms with Crippen LogP contribution in [-0.4, -0.2) is 15.5 Å². The summed E-state index contributed by atoms with van der Waals surface area (Å²) >= 11 is 1.45. The molecular formula is C19H16FN3OS. The number of fused-ring (bicyclic) bond motifs is 2. The number of benzene rings is 2. The van der Waals surface area contributed by atoms with Crippen molar-refractivity contribution in [2.24, 2.45) is 7.05 Å². The molecule has 0 unspecified atom stereocenters. The van der Waals surface area contributed by atoms with Gasteiger partial charge in [-0.2, -0.15) is 0 Å². The molecule has 0 fully saturated rings. The maximum atomic E-state index is 13.4. The smallest absolute Gasteiger partial charge is 0.274 e. The van der Waals surface area contributed by atoms with Crippen LogP contribution in [0.2, 0.25) is 0 Å². The lowest BCUT2D eigenvalue weighted by Gasteiger charge is -2.03. The number of hydrogen-bond acceptors (Lipinski definition) is 3. The molecule has 0 aliphatic carbocycles. The van der Waals surface area contributed by atoms with E-state index in [2.05, 4.69) is 23.3 Å². The quantitative estimate of drug-likeness (QED) is 0.578. The van der Waals surface area contributed by atoms with Crippen LogP contribution in [0.15, 0.2) is 42.5 Å². The Kier molecular flexibility index (Phi) is 3.77. The summed E-state index contributed by atoms with van der Waals surface area (Å²) in [5.41, 5.74) is 3.26. The molecule has 1 amide bonds. The monoisotopic (exact) mass is 353 g/mol. The normalized spacial score (nSPS) is 11.3. The molecule has 0 saturated heterocycles. The SMILES string of the molecule is CCc1ccc2nc(NC(=O)c3cc4ccc(F)cc4n3C)sc2c1. The molecule has 0 bridgehead atoms. The van der Waals surface area contributed by atoms with E-state index in [0.29, 0.717) is 16.3 Å². The van der Waals surface area contributed by atoms with Crippen molar-refractivity contribution in [1.29, 1.82) is 0 Å². The molecule has 4 aromatic rings. The molecule has 4 rings (SSSR count). The average Bonchev–Trinajstić information content (AvgIpc) is 3.14. The van der Waals surface area contributed by atoms with Crippen LogP contribution >= 0.6 is 11.3 Å². The minimum Gasteiger partial charge on any atom is -0.340 e. The third-order valence-corrected chi connectivity index (χ3v) is 5.26. The number of amides is 1. The molecule has 126 valence electrons. The molecule has 0 spiro atoms. The molecule has 0 aliphatic heterocycles. The van der Waals surface area contributed by atoms with Crippen molar-refractivity contribution in [2.75, 3.05) is 5.32 Å². The van der Waals surface area contributed by atoms with Crippen LogP contribution in [0.3, 0.4) is 0 Å². The summed E-state index contributed by atoms with van der Waals surface area (Å²) in [5.74, 6) is -0.576. The Labute approximate surface area is 147 Å². The Morgan fingerprint density at radius 2 is 2.08 bits per heavy atom. The van der Waals surface area contributed by atoms with Crippen molar-refractivity contribution in [3.05, 3.63) is 59.5 Å². The number of hydrogen-bond donors (Lipinski definition) is 1. The second-order valence-corrected chi connectivity index (χ2v) is 6.95. The molecule has 1 N–H and O–H groups in total. The second kappa shape index (κ2) is 5.97. The Bertz CT molecular complexity index is 1110. The number of aromatic nitrogens is 2. The highest BCUT2D eigenvalue weighted by molar-refractivity contribution is 7.22. The van der Waals surface area contributed by atoms with Gasteiger partial charge in [0.15, 0.2) is 5.13 Å². The molecule has 6 heteroatoms. The van der Waals surface area contributed by atoms with E-state index >= 15 is 0 Å². The molecular weight excluding hydrogens is 337 g/mol. The number of carbonyl (C=O) groups is 1. The second-order valence-electron chi connectivity index (χ2n) is 5.92. The molecule has 25 heavy (non-hydrogen) atoms. The van der Waals surface area contributed by atoms with Gasteiger partial charge >= 0.3 is 0 Å². The van der Waals surface area contributed by atoms with E-state index < -0.39 is 0 Å². The van der Waals surface area contributed by atoms with Crippen molar-refractivity contribution < 1.29 is 9.18 Å². The summed E-state index contributed by atoms with van der Waals surface area (Å²) < 4.78 is 16.2. The highest BCUT2D eigenvalue weighted by Gasteiger charge is 2.16. The highest BCUT2D eigenvalue weighted by atomic mass is 32.1. The first-order valence-electron chi connectivity index (χ1n) is 8.01. The lowest BCUT2D eigenvalue weighted by atomic mass is 10.2. The number of aryl methyl sites for hydroxylation is 2. The van der Waals surface area contributed by atoms with E-state index in [1.807, 2.05) is 12.1 Å². The first kappa shape index (κ1) is 15.8. The zero-order chi connectivity index (χ0) is 17.6. The predicted molar refractivity (Wildman–Crippen MR) is 99.8 cm³/mol. The predicted octanol–water partition coefficient (Wildman–Crippen LogP) is 4.74. The molecule has 2 aromatic carbocycles. The van der Waals surface area contributed by atoms with Crippen LogP contribution in [-0.2, 0) is 13.5 Å². The van der Waals surface area contributed by atoms with Gasteiger partial charge in [0, 0.05) is 12.4 Å². The highest BCUT2D eigenvalue weighted by Crippen LogP contribution is 2.28. The Hall–Kier alpha value is -2.73. The van der Waals surface area contributed by atoms with Crippen LogP contribution in [0.1, 0.15) is 23.0 Å². The van der Waals surface area contributed by atoms with E-state index in [1.165, 1.54) is 29.0 Å². The Morgan fingerprint density at radius 3 is 2.88 bits per heavy atom. The van der Waals surface area contributed by atoms with Crippen LogP contribution < -0.4 is 5.32 Å².